The maximum atomic E-state index is 12.7. The van der Waals surface area contributed by atoms with Crippen molar-refractivity contribution in [2.75, 3.05) is 0 Å². The molecule has 8 atom stereocenters. The highest BCUT2D eigenvalue weighted by Gasteiger charge is 2.70. The summed E-state index contributed by atoms with van der Waals surface area (Å²) in [5.41, 5.74) is 0.0103. The molecule has 0 bridgehead atoms. The quantitative estimate of drug-likeness (QED) is 0.717. The molecule has 4 rings (SSSR count). The van der Waals surface area contributed by atoms with Gasteiger partial charge in [-0.2, -0.15) is 0 Å². The van der Waals surface area contributed by atoms with Gasteiger partial charge in [-0.3, -0.25) is 9.59 Å². The molecule has 152 valence electrons. The molecule has 0 aliphatic heterocycles. The average Bonchev–Trinajstić information content (AvgIpc) is 2.94. The number of aliphatic hydroxyl groups is 1. The summed E-state index contributed by atoms with van der Waals surface area (Å²) >= 11 is 0. The second-order valence-corrected chi connectivity index (χ2v) is 11.7. The number of aliphatic hydroxyl groups excluding tert-OH is 1. The van der Waals surface area contributed by atoms with Crippen molar-refractivity contribution in [3.63, 3.8) is 0 Å². The van der Waals surface area contributed by atoms with Crippen LogP contribution in [-0.2, 0) is 9.59 Å². The van der Waals surface area contributed by atoms with E-state index in [1.807, 2.05) is 0 Å². The summed E-state index contributed by atoms with van der Waals surface area (Å²) in [6, 6.07) is 0. The van der Waals surface area contributed by atoms with Crippen molar-refractivity contribution in [2.45, 2.75) is 92.6 Å². The van der Waals surface area contributed by atoms with E-state index < -0.39 is 0 Å². The molecule has 4 saturated carbocycles. The van der Waals surface area contributed by atoms with E-state index in [4.69, 9.17) is 0 Å². The van der Waals surface area contributed by atoms with Gasteiger partial charge in [0.2, 0.25) is 0 Å². The summed E-state index contributed by atoms with van der Waals surface area (Å²) in [4.78, 5) is 25.0. The first kappa shape index (κ1) is 19.6. The molecule has 0 heterocycles. The van der Waals surface area contributed by atoms with Crippen LogP contribution in [0, 0.1) is 45.3 Å². The van der Waals surface area contributed by atoms with E-state index in [1.54, 1.807) is 6.92 Å². The number of hydrogen-bond acceptors (Lipinski definition) is 3. The van der Waals surface area contributed by atoms with E-state index in [0.717, 1.165) is 38.5 Å². The number of fused-ring (bicyclic) bond motifs is 5. The van der Waals surface area contributed by atoms with Crippen LogP contribution in [0.2, 0.25) is 0 Å². The Morgan fingerprint density at radius 2 is 1.59 bits per heavy atom. The van der Waals surface area contributed by atoms with Crippen LogP contribution in [0.25, 0.3) is 0 Å². The van der Waals surface area contributed by atoms with Crippen molar-refractivity contribution >= 4 is 11.6 Å². The smallest absolute Gasteiger partial charge is 0.138 e. The zero-order valence-electron chi connectivity index (χ0n) is 18.1. The van der Waals surface area contributed by atoms with E-state index in [9.17, 15) is 14.7 Å². The average molecular weight is 375 g/mol. The molecule has 0 aromatic rings. The fourth-order valence-electron chi connectivity index (χ4n) is 9.01. The first-order chi connectivity index (χ1) is 12.4. The van der Waals surface area contributed by atoms with Crippen molar-refractivity contribution in [2.24, 2.45) is 45.3 Å². The highest BCUT2D eigenvalue weighted by atomic mass is 16.3. The van der Waals surface area contributed by atoms with Gasteiger partial charge in [-0.15, -0.1) is 0 Å². The van der Waals surface area contributed by atoms with Crippen LogP contribution in [0.3, 0.4) is 0 Å². The second-order valence-electron chi connectivity index (χ2n) is 11.7. The third-order valence-electron chi connectivity index (χ3n) is 10.7. The molecule has 0 radical (unpaired) electrons. The maximum absolute atomic E-state index is 12.7. The van der Waals surface area contributed by atoms with E-state index in [0.29, 0.717) is 24.0 Å². The van der Waals surface area contributed by atoms with Gasteiger partial charge >= 0.3 is 0 Å². The lowest BCUT2D eigenvalue weighted by molar-refractivity contribution is -0.225. The van der Waals surface area contributed by atoms with E-state index >= 15 is 0 Å². The molecule has 0 aromatic heterocycles. The van der Waals surface area contributed by atoms with Crippen molar-refractivity contribution in [1.29, 1.82) is 0 Å². The summed E-state index contributed by atoms with van der Waals surface area (Å²) in [6.45, 7) is 13.3. The lowest BCUT2D eigenvalue weighted by atomic mass is 9.35. The van der Waals surface area contributed by atoms with Gasteiger partial charge in [0.15, 0.2) is 0 Å². The Morgan fingerprint density at radius 1 is 0.963 bits per heavy atom. The first-order valence-electron chi connectivity index (χ1n) is 11.1. The Kier molecular flexibility index (Phi) is 4.12. The number of Topliss-reactive ketones (excluding diaryl/α,β-unsaturated/α-hetero) is 2. The third-order valence-corrected chi connectivity index (χ3v) is 10.7. The monoisotopic (exact) mass is 374 g/mol. The van der Waals surface area contributed by atoms with Gasteiger partial charge in [-0.1, -0.05) is 34.6 Å². The van der Waals surface area contributed by atoms with Crippen molar-refractivity contribution in [3.05, 3.63) is 0 Å². The van der Waals surface area contributed by atoms with Crippen LogP contribution in [0.5, 0.6) is 0 Å². The van der Waals surface area contributed by atoms with E-state index in [1.165, 1.54) is 0 Å². The molecule has 4 aliphatic rings. The molecular weight excluding hydrogens is 336 g/mol. The molecule has 0 spiro atoms. The van der Waals surface area contributed by atoms with Crippen LogP contribution in [0.1, 0.15) is 86.5 Å². The molecule has 4 aliphatic carbocycles. The predicted octanol–water partition coefficient (Wildman–Crippen LogP) is 4.80. The van der Waals surface area contributed by atoms with E-state index in [-0.39, 0.29) is 45.4 Å². The lowest BCUT2D eigenvalue weighted by Crippen LogP contribution is -2.65. The molecule has 0 aromatic carbocycles. The van der Waals surface area contributed by atoms with Gasteiger partial charge in [0.25, 0.3) is 0 Å². The van der Waals surface area contributed by atoms with Crippen LogP contribution >= 0.6 is 0 Å². The minimum Gasteiger partial charge on any atom is -0.393 e. The predicted molar refractivity (Wildman–Crippen MR) is 106 cm³/mol. The zero-order valence-corrected chi connectivity index (χ0v) is 18.1. The Bertz CT molecular complexity index is 681. The Labute approximate surface area is 164 Å². The van der Waals surface area contributed by atoms with Gasteiger partial charge in [-0.25, -0.2) is 0 Å². The van der Waals surface area contributed by atoms with Crippen molar-refractivity contribution < 1.29 is 14.7 Å². The largest absolute Gasteiger partial charge is 0.393 e. The van der Waals surface area contributed by atoms with Crippen molar-refractivity contribution in [3.8, 4) is 0 Å². The van der Waals surface area contributed by atoms with Crippen LogP contribution in [0.4, 0.5) is 0 Å². The SMILES string of the molecule is CC(=O)C1CCC2(C)C1C(O)CC1C3(C)CCC(=O)C(C)(C)C3CCC12C. The third kappa shape index (κ3) is 2.24. The second kappa shape index (κ2) is 5.68. The number of carbonyl (C=O) groups is 2. The molecular formula is C24H38O3. The van der Waals surface area contributed by atoms with Gasteiger partial charge in [0.05, 0.1) is 6.10 Å². The van der Waals surface area contributed by atoms with Crippen LogP contribution in [0.15, 0.2) is 0 Å². The molecule has 27 heavy (non-hydrogen) atoms. The summed E-state index contributed by atoms with van der Waals surface area (Å²) in [7, 11) is 0. The minimum atomic E-state index is -0.388. The molecule has 1 N–H and O–H groups in total. The summed E-state index contributed by atoms with van der Waals surface area (Å²) in [5, 5.41) is 11.3. The number of hydrogen-bond donors (Lipinski definition) is 1. The molecule has 3 nitrogen and oxygen atoms in total. The Balaban J connectivity index is 1.78. The summed E-state index contributed by atoms with van der Waals surface area (Å²) in [6.07, 6.45) is 6.26. The molecule has 3 heteroatoms. The molecule has 0 amide bonds. The van der Waals surface area contributed by atoms with Crippen LogP contribution < -0.4 is 0 Å². The van der Waals surface area contributed by atoms with E-state index in [2.05, 4.69) is 34.6 Å². The fraction of sp³-hybridized carbons (Fsp3) is 0.917. The Hall–Kier alpha value is -0.700. The van der Waals surface area contributed by atoms with Gasteiger partial charge in [-0.05, 0) is 73.5 Å². The van der Waals surface area contributed by atoms with Gasteiger partial charge < -0.3 is 5.11 Å². The first-order valence-corrected chi connectivity index (χ1v) is 11.1. The van der Waals surface area contributed by atoms with Gasteiger partial charge in [0, 0.05) is 23.7 Å². The normalized spacial score (nSPS) is 54.0. The minimum absolute atomic E-state index is 0.0191. The number of carbonyl (C=O) groups excluding carboxylic acids is 2. The van der Waals surface area contributed by atoms with Gasteiger partial charge in [0.1, 0.15) is 11.6 Å². The lowest BCUT2D eigenvalue weighted by Gasteiger charge is -2.69. The molecule has 0 saturated heterocycles. The zero-order chi connectivity index (χ0) is 20.0. The standard InChI is InChI=1S/C24H38O3/c1-14(25)15-7-11-24(6)20(15)16(26)13-18-22(4)10-9-19(27)21(2,3)17(22)8-12-23(18,24)5/h15-18,20,26H,7-13H2,1-6H3. The number of rotatable bonds is 1. The van der Waals surface area contributed by atoms with Crippen LogP contribution in [-0.4, -0.2) is 22.8 Å². The highest BCUT2D eigenvalue weighted by Crippen LogP contribution is 2.74. The van der Waals surface area contributed by atoms with Crippen molar-refractivity contribution in [1.82, 2.24) is 0 Å². The topological polar surface area (TPSA) is 54.4 Å². The fourth-order valence-corrected chi connectivity index (χ4v) is 9.01. The highest BCUT2D eigenvalue weighted by molar-refractivity contribution is 5.85. The summed E-state index contributed by atoms with van der Waals surface area (Å²) < 4.78 is 0. The maximum Gasteiger partial charge on any atom is 0.138 e. The molecule has 4 fully saturated rings. The molecule has 8 unspecified atom stereocenters. The Morgan fingerprint density at radius 3 is 2.22 bits per heavy atom. The summed E-state index contributed by atoms with van der Waals surface area (Å²) in [5.74, 6) is 1.65. The number of ketones is 2.